The van der Waals surface area contributed by atoms with Crippen molar-refractivity contribution in [1.82, 2.24) is 30.0 Å². The highest BCUT2D eigenvalue weighted by molar-refractivity contribution is 5.81. The molecule has 0 aliphatic carbocycles. The Morgan fingerprint density at radius 3 is 2.75 bits per heavy atom. The van der Waals surface area contributed by atoms with Gasteiger partial charge in [0.25, 0.3) is 5.91 Å². The van der Waals surface area contributed by atoms with E-state index < -0.39 is 0 Å². The Morgan fingerprint density at radius 1 is 1.08 bits per heavy atom. The van der Waals surface area contributed by atoms with Crippen molar-refractivity contribution in [2.45, 2.75) is 25.5 Å². The molecular formula is C27H28N6O3. The highest BCUT2D eigenvalue weighted by Gasteiger charge is 2.30. The number of aromatic amines is 1. The topological polar surface area (TPSA) is 96.5 Å². The Labute approximate surface area is 209 Å². The van der Waals surface area contributed by atoms with E-state index in [-0.39, 0.29) is 12.0 Å². The molecule has 0 spiro atoms. The average Bonchev–Trinajstić information content (AvgIpc) is 3.65. The Bertz CT molecular complexity index is 1330. The quantitative estimate of drug-likeness (QED) is 0.446. The molecule has 0 radical (unpaired) electrons. The zero-order valence-corrected chi connectivity index (χ0v) is 20.0. The standard InChI is InChI=1S/C27H28N6O3/c34-27(25-2-1-15-35-25)33-13-11-32(12-14-33)18-21-5-3-19-16-22(6-7-23(19)30-21)36-26-8-4-20(17-28-26)24-9-10-29-31-24/h3-10,16-17,25H,1-2,11-15,18H2,(H,29,31). The molecule has 2 fully saturated rings. The minimum Gasteiger partial charge on any atom is -0.439 e. The van der Waals surface area contributed by atoms with Crippen LogP contribution in [-0.4, -0.2) is 74.8 Å². The van der Waals surface area contributed by atoms with Crippen molar-refractivity contribution in [3.63, 3.8) is 0 Å². The minimum atomic E-state index is -0.232. The molecule has 2 saturated heterocycles. The number of pyridine rings is 2. The summed E-state index contributed by atoms with van der Waals surface area (Å²) in [5.41, 5.74) is 3.81. The molecule has 4 aromatic rings. The number of rotatable bonds is 6. The molecule has 1 N–H and O–H groups in total. The monoisotopic (exact) mass is 484 g/mol. The SMILES string of the molecule is O=C(C1CCCO1)N1CCN(Cc2ccc3cc(Oc4ccc(-c5ccn[nH]5)cn4)ccc3n2)CC1. The van der Waals surface area contributed by atoms with Gasteiger partial charge in [0.15, 0.2) is 0 Å². The number of benzene rings is 1. The van der Waals surface area contributed by atoms with Crippen LogP contribution in [0.3, 0.4) is 0 Å². The third-order valence-corrected chi connectivity index (χ3v) is 6.76. The number of ether oxygens (including phenoxy) is 2. The van der Waals surface area contributed by atoms with Gasteiger partial charge in [-0.25, -0.2) is 4.98 Å². The molecular weight excluding hydrogens is 456 g/mol. The van der Waals surface area contributed by atoms with E-state index in [1.807, 2.05) is 41.3 Å². The number of nitrogens with one attached hydrogen (secondary N) is 1. The fourth-order valence-electron chi connectivity index (χ4n) is 4.77. The van der Waals surface area contributed by atoms with E-state index in [1.54, 1.807) is 12.4 Å². The predicted octanol–water partition coefficient (Wildman–Crippen LogP) is 3.64. The second-order valence-corrected chi connectivity index (χ2v) is 9.22. The van der Waals surface area contributed by atoms with Crippen molar-refractivity contribution in [3.05, 3.63) is 66.6 Å². The summed E-state index contributed by atoms with van der Waals surface area (Å²) in [7, 11) is 0. The van der Waals surface area contributed by atoms with Crippen LogP contribution in [0, 0.1) is 0 Å². The maximum Gasteiger partial charge on any atom is 0.251 e. The maximum absolute atomic E-state index is 12.6. The number of amides is 1. The lowest BCUT2D eigenvalue weighted by Crippen LogP contribution is -2.51. The Kier molecular flexibility index (Phi) is 6.31. The molecule has 9 heteroatoms. The molecule has 1 amide bonds. The molecule has 36 heavy (non-hydrogen) atoms. The van der Waals surface area contributed by atoms with Crippen LogP contribution in [0.2, 0.25) is 0 Å². The van der Waals surface area contributed by atoms with Crippen molar-refractivity contribution in [3.8, 4) is 22.9 Å². The van der Waals surface area contributed by atoms with E-state index in [1.165, 1.54) is 0 Å². The first-order chi connectivity index (χ1) is 17.7. The first-order valence-electron chi connectivity index (χ1n) is 12.4. The van der Waals surface area contributed by atoms with Crippen molar-refractivity contribution >= 4 is 16.8 Å². The van der Waals surface area contributed by atoms with Crippen LogP contribution in [0.25, 0.3) is 22.2 Å². The number of aromatic nitrogens is 4. The molecule has 9 nitrogen and oxygen atoms in total. The smallest absolute Gasteiger partial charge is 0.251 e. The fourth-order valence-corrected chi connectivity index (χ4v) is 4.77. The van der Waals surface area contributed by atoms with Crippen LogP contribution in [0.5, 0.6) is 11.6 Å². The van der Waals surface area contributed by atoms with Gasteiger partial charge in [-0.05, 0) is 49.2 Å². The highest BCUT2D eigenvalue weighted by atomic mass is 16.5. The molecule has 0 bridgehead atoms. The summed E-state index contributed by atoms with van der Waals surface area (Å²) in [4.78, 5) is 26.1. The van der Waals surface area contributed by atoms with Crippen molar-refractivity contribution in [2.75, 3.05) is 32.8 Å². The van der Waals surface area contributed by atoms with Gasteiger partial charge in [0.05, 0.1) is 16.9 Å². The molecule has 2 aliphatic rings. The van der Waals surface area contributed by atoms with Crippen LogP contribution < -0.4 is 4.74 Å². The largest absolute Gasteiger partial charge is 0.439 e. The second-order valence-electron chi connectivity index (χ2n) is 9.22. The number of fused-ring (bicyclic) bond motifs is 1. The normalized spacial score (nSPS) is 18.6. The van der Waals surface area contributed by atoms with Gasteiger partial charge in [0.1, 0.15) is 11.9 Å². The lowest BCUT2D eigenvalue weighted by atomic mass is 10.1. The Balaban J connectivity index is 1.06. The van der Waals surface area contributed by atoms with Crippen LogP contribution >= 0.6 is 0 Å². The third kappa shape index (κ3) is 4.93. The van der Waals surface area contributed by atoms with Gasteiger partial charge in [0, 0.05) is 68.7 Å². The minimum absolute atomic E-state index is 0.151. The predicted molar refractivity (Wildman–Crippen MR) is 134 cm³/mol. The summed E-state index contributed by atoms with van der Waals surface area (Å²) >= 11 is 0. The number of carbonyl (C=O) groups is 1. The van der Waals surface area contributed by atoms with E-state index in [0.717, 1.165) is 73.4 Å². The van der Waals surface area contributed by atoms with Crippen LogP contribution in [0.15, 0.2) is 60.9 Å². The third-order valence-electron chi connectivity index (χ3n) is 6.76. The number of hydrogen-bond donors (Lipinski definition) is 1. The Morgan fingerprint density at radius 2 is 2.00 bits per heavy atom. The molecule has 6 rings (SSSR count). The van der Waals surface area contributed by atoms with Crippen molar-refractivity contribution < 1.29 is 14.3 Å². The van der Waals surface area contributed by atoms with E-state index in [9.17, 15) is 4.79 Å². The number of hydrogen-bond acceptors (Lipinski definition) is 7. The summed E-state index contributed by atoms with van der Waals surface area (Å²) in [5.74, 6) is 1.39. The lowest BCUT2D eigenvalue weighted by Gasteiger charge is -2.35. The van der Waals surface area contributed by atoms with Crippen molar-refractivity contribution in [2.24, 2.45) is 0 Å². The summed E-state index contributed by atoms with van der Waals surface area (Å²) in [6.07, 6.45) is 5.07. The van der Waals surface area contributed by atoms with E-state index in [2.05, 4.69) is 32.2 Å². The van der Waals surface area contributed by atoms with E-state index in [0.29, 0.717) is 18.2 Å². The van der Waals surface area contributed by atoms with Crippen molar-refractivity contribution in [1.29, 1.82) is 0 Å². The van der Waals surface area contributed by atoms with E-state index >= 15 is 0 Å². The molecule has 184 valence electrons. The molecule has 1 aromatic carbocycles. The molecule has 1 atom stereocenters. The maximum atomic E-state index is 12.6. The molecule has 3 aromatic heterocycles. The average molecular weight is 485 g/mol. The number of nitrogens with zero attached hydrogens (tertiary/aromatic N) is 5. The van der Waals surface area contributed by atoms with Gasteiger partial charge in [-0.1, -0.05) is 6.07 Å². The zero-order valence-electron chi connectivity index (χ0n) is 20.0. The molecule has 1 unspecified atom stereocenters. The molecule has 2 aliphatic heterocycles. The fraction of sp³-hybridized carbons (Fsp3) is 0.333. The first-order valence-corrected chi connectivity index (χ1v) is 12.4. The van der Waals surface area contributed by atoms with Gasteiger partial charge >= 0.3 is 0 Å². The summed E-state index contributed by atoms with van der Waals surface area (Å²) in [6, 6.07) is 15.7. The number of piperazine rings is 1. The van der Waals surface area contributed by atoms with Crippen LogP contribution in [0.1, 0.15) is 18.5 Å². The van der Waals surface area contributed by atoms with Gasteiger partial charge in [-0.3, -0.25) is 19.8 Å². The first kappa shape index (κ1) is 22.6. The van der Waals surface area contributed by atoms with Crippen LogP contribution in [0.4, 0.5) is 0 Å². The summed E-state index contributed by atoms with van der Waals surface area (Å²) < 4.78 is 11.5. The Hall–Kier alpha value is -3.82. The highest BCUT2D eigenvalue weighted by Crippen LogP contribution is 2.26. The van der Waals surface area contributed by atoms with Gasteiger partial charge in [-0.15, -0.1) is 0 Å². The summed E-state index contributed by atoms with van der Waals surface area (Å²) in [6.45, 7) is 4.64. The van der Waals surface area contributed by atoms with Crippen LogP contribution in [-0.2, 0) is 16.1 Å². The molecule has 0 saturated carbocycles. The molecule has 5 heterocycles. The zero-order chi connectivity index (χ0) is 24.3. The second kappa shape index (κ2) is 10.0. The number of H-pyrrole nitrogens is 1. The van der Waals surface area contributed by atoms with Gasteiger partial charge in [-0.2, -0.15) is 5.10 Å². The summed E-state index contributed by atoms with van der Waals surface area (Å²) in [5, 5.41) is 7.91. The van der Waals surface area contributed by atoms with Gasteiger partial charge in [0.2, 0.25) is 5.88 Å². The number of carbonyl (C=O) groups excluding carboxylic acids is 1. The lowest BCUT2D eigenvalue weighted by molar-refractivity contribution is -0.142. The van der Waals surface area contributed by atoms with E-state index in [4.69, 9.17) is 14.5 Å². The van der Waals surface area contributed by atoms with Gasteiger partial charge < -0.3 is 14.4 Å².